The van der Waals surface area contributed by atoms with Gasteiger partial charge in [0, 0.05) is 16.6 Å². The van der Waals surface area contributed by atoms with Crippen molar-refractivity contribution in [3.05, 3.63) is 69.2 Å². The van der Waals surface area contributed by atoms with Crippen LogP contribution in [0.1, 0.15) is 16.7 Å². The number of rotatable bonds is 7. The highest BCUT2D eigenvalue weighted by atomic mass is 35.5. The Morgan fingerprint density at radius 3 is 2.52 bits per heavy atom. The number of halogens is 2. The van der Waals surface area contributed by atoms with E-state index in [2.05, 4.69) is 10.6 Å². The average molecular weight is 351 g/mol. The Kier molecular flexibility index (Phi) is 6.90. The highest BCUT2D eigenvalue weighted by molar-refractivity contribution is 6.35. The Balaban J connectivity index is 1.65. The molecule has 0 aromatic heterocycles. The lowest BCUT2D eigenvalue weighted by Gasteiger charge is -2.08. The SMILES string of the molecule is Cc1ccc(CNC(=O)CNCCc2ccc(Cl)cc2Cl)cc1. The summed E-state index contributed by atoms with van der Waals surface area (Å²) in [5.74, 6) is -0.0206. The Bertz CT molecular complexity index is 657. The number of nitrogens with one attached hydrogen (secondary N) is 2. The van der Waals surface area contributed by atoms with Crippen molar-refractivity contribution >= 4 is 29.1 Å². The third kappa shape index (κ3) is 6.22. The van der Waals surface area contributed by atoms with Crippen LogP contribution >= 0.6 is 23.2 Å². The molecule has 0 aliphatic carbocycles. The van der Waals surface area contributed by atoms with Gasteiger partial charge in [-0.05, 0) is 43.1 Å². The smallest absolute Gasteiger partial charge is 0.234 e. The second kappa shape index (κ2) is 8.92. The van der Waals surface area contributed by atoms with E-state index in [-0.39, 0.29) is 12.5 Å². The van der Waals surface area contributed by atoms with Gasteiger partial charge in [0.15, 0.2) is 0 Å². The van der Waals surface area contributed by atoms with Crippen LogP contribution in [0, 0.1) is 6.92 Å². The molecule has 0 aliphatic rings. The number of hydrogen-bond acceptors (Lipinski definition) is 2. The van der Waals surface area contributed by atoms with E-state index in [1.165, 1.54) is 5.56 Å². The van der Waals surface area contributed by atoms with Crippen molar-refractivity contribution in [1.29, 1.82) is 0 Å². The second-order valence-corrected chi connectivity index (χ2v) is 6.27. The molecule has 0 radical (unpaired) electrons. The minimum atomic E-state index is -0.0206. The number of carbonyl (C=O) groups excluding carboxylic acids is 1. The van der Waals surface area contributed by atoms with E-state index in [4.69, 9.17) is 23.2 Å². The standard InChI is InChI=1S/C18H20Cl2N2O/c1-13-2-4-14(5-3-13)11-22-18(23)12-21-9-8-15-6-7-16(19)10-17(15)20/h2-7,10,21H,8-9,11-12H2,1H3,(H,22,23). The van der Waals surface area contributed by atoms with Crippen molar-refractivity contribution in [2.75, 3.05) is 13.1 Å². The van der Waals surface area contributed by atoms with Crippen LogP contribution in [0.2, 0.25) is 10.0 Å². The maximum Gasteiger partial charge on any atom is 0.234 e. The van der Waals surface area contributed by atoms with Gasteiger partial charge in [-0.1, -0.05) is 59.1 Å². The quantitative estimate of drug-likeness (QED) is 0.746. The molecule has 122 valence electrons. The number of hydrogen-bond donors (Lipinski definition) is 2. The van der Waals surface area contributed by atoms with Crippen LogP contribution in [0.3, 0.4) is 0 Å². The largest absolute Gasteiger partial charge is 0.351 e. The van der Waals surface area contributed by atoms with E-state index in [0.29, 0.717) is 23.1 Å². The summed E-state index contributed by atoms with van der Waals surface area (Å²) >= 11 is 12.0. The fourth-order valence-electron chi connectivity index (χ4n) is 2.12. The summed E-state index contributed by atoms with van der Waals surface area (Å²) in [5, 5.41) is 7.29. The van der Waals surface area contributed by atoms with Gasteiger partial charge in [-0.3, -0.25) is 4.79 Å². The summed E-state index contributed by atoms with van der Waals surface area (Å²) in [7, 11) is 0. The van der Waals surface area contributed by atoms with Crippen molar-refractivity contribution in [1.82, 2.24) is 10.6 Å². The molecule has 0 unspecified atom stereocenters. The molecule has 23 heavy (non-hydrogen) atoms. The molecule has 0 saturated heterocycles. The monoisotopic (exact) mass is 350 g/mol. The Labute approximate surface area is 147 Å². The zero-order chi connectivity index (χ0) is 16.7. The molecule has 0 bridgehead atoms. The van der Waals surface area contributed by atoms with Crippen molar-refractivity contribution in [3.63, 3.8) is 0 Å². The fourth-order valence-corrected chi connectivity index (χ4v) is 2.62. The Hall–Kier alpha value is -1.55. The fraction of sp³-hybridized carbons (Fsp3) is 0.278. The van der Waals surface area contributed by atoms with Gasteiger partial charge < -0.3 is 10.6 Å². The van der Waals surface area contributed by atoms with Crippen LogP contribution in [0.25, 0.3) is 0 Å². The number of carbonyl (C=O) groups is 1. The minimum absolute atomic E-state index is 0.0206. The van der Waals surface area contributed by atoms with Crippen molar-refractivity contribution in [2.45, 2.75) is 19.9 Å². The lowest BCUT2D eigenvalue weighted by molar-refractivity contribution is -0.120. The third-order valence-electron chi connectivity index (χ3n) is 3.48. The maximum absolute atomic E-state index is 11.8. The van der Waals surface area contributed by atoms with Crippen molar-refractivity contribution < 1.29 is 4.79 Å². The highest BCUT2D eigenvalue weighted by Gasteiger charge is 2.03. The molecule has 0 saturated carbocycles. The molecule has 0 heterocycles. The topological polar surface area (TPSA) is 41.1 Å². The number of amides is 1. The van der Waals surface area contributed by atoms with Crippen molar-refractivity contribution in [3.8, 4) is 0 Å². The zero-order valence-electron chi connectivity index (χ0n) is 13.0. The van der Waals surface area contributed by atoms with Crippen molar-refractivity contribution in [2.24, 2.45) is 0 Å². The van der Waals surface area contributed by atoms with Gasteiger partial charge >= 0.3 is 0 Å². The molecule has 0 spiro atoms. The van der Waals surface area contributed by atoms with Crippen LogP contribution in [0.5, 0.6) is 0 Å². The van der Waals surface area contributed by atoms with E-state index in [1.54, 1.807) is 6.07 Å². The van der Waals surface area contributed by atoms with E-state index in [9.17, 15) is 4.79 Å². The molecule has 0 atom stereocenters. The number of benzene rings is 2. The van der Waals surface area contributed by atoms with E-state index in [0.717, 1.165) is 17.5 Å². The predicted octanol–water partition coefficient (Wildman–Crippen LogP) is 3.75. The Morgan fingerprint density at radius 1 is 1.09 bits per heavy atom. The van der Waals surface area contributed by atoms with E-state index >= 15 is 0 Å². The van der Waals surface area contributed by atoms with Gasteiger partial charge in [-0.25, -0.2) is 0 Å². The summed E-state index contributed by atoms with van der Waals surface area (Å²) in [5.41, 5.74) is 3.32. The first-order valence-corrected chi connectivity index (χ1v) is 8.27. The van der Waals surface area contributed by atoms with Gasteiger partial charge in [0.2, 0.25) is 5.91 Å². The molecular formula is C18H20Cl2N2O. The third-order valence-corrected chi connectivity index (χ3v) is 4.07. The van der Waals surface area contributed by atoms with Gasteiger partial charge in [-0.15, -0.1) is 0 Å². The Morgan fingerprint density at radius 2 is 1.83 bits per heavy atom. The zero-order valence-corrected chi connectivity index (χ0v) is 14.5. The first-order chi connectivity index (χ1) is 11.0. The molecular weight excluding hydrogens is 331 g/mol. The van der Waals surface area contributed by atoms with Gasteiger partial charge in [0.1, 0.15) is 0 Å². The first-order valence-electron chi connectivity index (χ1n) is 7.51. The molecule has 1 amide bonds. The second-order valence-electron chi connectivity index (χ2n) is 5.42. The summed E-state index contributed by atoms with van der Waals surface area (Å²) in [6.07, 6.45) is 0.751. The molecule has 2 aromatic rings. The molecule has 2 N–H and O–H groups in total. The summed E-state index contributed by atoms with van der Waals surface area (Å²) in [6, 6.07) is 13.6. The van der Waals surface area contributed by atoms with Crippen LogP contribution in [0.15, 0.2) is 42.5 Å². The normalized spacial score (nSPS) is 10.6. The minimum Gasteiger partial charge on any atom is -0.351 e. The summed E-state index contributed by atoms with van der Waals surface area (Å²) in [6.45, 7) is 3.55. The first kappa shape index (κ1) is 17.8. The highest BCUT2D eigenvalue weighted by Crippen LogP contribution is 2.20. The predicted molar refractivity (Wildman–Crippen MR) is 96.1 cm³/mol. The molecule has 0 fully saturated rings. The summed E-state index contributed by atoms with van der Waals surface area (Å²) < 4.78 is 0. The van der Waals surface area contributed by atoms with E-state index < -0.39 is 0 Å². The van der Waals surface area contributed by atoms with Crippen LogP contribution in [-0.4, -0.2) is 19.0 Å². The lowest BCUT2D eigenvalue weighted by Crippen LogP contribution is -2.34. The summed E-state index contributed by atoms with van der Waals surface area (Å²) in [4.78, 5) is 11.8. The van der Waals surface area contributed by atoms with Gasteiger partial charge in [0.05, 0.1) is 6.54 Å². The molecule has 5 heteroatoms. The number of aryl methyl sites for hydroxylation is 1. The van der Waals surface area contributed by atoms with Crippen LogP contribution in [-0.2, 0) is 17.8 Å². The van der Waals surface area contributed by atoms with Crippen LogP contribution < -0.4 is 10.6 Å². The molecule has 0 aliphatic heterocycles. The van der Waals surface area contributed by atoms with Crippen LogP contribution in [0.4, 0.5) is 0 Å². The molecule has 3 nitrogen and oxygen atoms in total. The van der Waals surface area contributed by atoms with Gasteiger partial charge in [-0.2, -0.15) is 0 Å². The van der Waals surface area contributed by atoms with E-state index in [1.807, 2.05) is 43.3 Å². The maximum atomic E-state index is 11.8. The lowest BCUT2D eigenvalue weighted by atomic mass is 10.1. The van der Waals surface area contributed by atoms with Gasteiger partial charge in [0.25, 0.3) is 0 Å². The molecule has 2 rings (SSSR count). The average Bonchev–Trinajstić information content (AvgIpc) is 2.52. The molecule has 2 aromatic carbocycles.